The smallest absolute Gasteiger partial charge is 0.410 e. The van der Waals surface area contributed by atoms with E-state index in [1.807, 2.05) is 57.2 Å². The van der Waals surface area contributed by atoms with Gasteiger partial charge in [0.2, 0.25) is 9.84 Å². The topological polar surface area (TPSA) is 90.0 Å². The van der Waals surface area contributed by atoms with Gasteiger partial charge in [-0.05, 0) is 81.6 Å². The van der Waals surface area contributed by atoms with Crippen LogP contribution in [0.4, 0.5) is 4.79 Å². The highest BCUT2D eigenvalue weighted by atomic mass is 32.2. The lowest BCUT2D eigenvalue weighted by Crippen LogP contribution is -2.37. The second kappa shape index (κ2) is 12.1. The first-order valence-electron chi connectivity index (χ1n) is 12.1. The maximum atomic E-state index is 13.2. The van der Waals surface area contributed by atoms with Gasteiger partial charge in [-0.3, -0.25) is 0 Å². The zero-order chi connectivity index (χ0) is 27.1. The summed E-state index contributed by atoms with van der Waals surface area (Å²) >= 11 is 0. The molecule has 0 atom stereocenters. The number of amides is 1. The van der Waals surface area contributed by atoms with Crippen LogP contribution in [-0.4, -0.2) is 44.1 Å². The van der Waals surface area contributed by atoms with Crippen LogP contribution in [0.25, 0.3) is 0 Å². The summed E-state index contributed by atoms with van der Waals surface area (Å²) in [5.41, 5.74) is 1.39. The highest BCUT2D eigenvalue weighted by Crippen LogP contribution is 2.23. The van der Waals surface area contributed by atoms with Gasteiger partial charge in [0.05, 0.1) is 22.0 Å². The van der Waals surface area contributed by atoms with Gasteiger partial charge < -0.3 is 14.4 Å². The van der Waals surface area contributed by atoms with Crippen molar-refractivity contribution >= 4 is 21.9 Å². The Morgan fingerprint density at radius 2 is 1.49 bits per heavy atom. The number of esters is 1. The summed E-state index contributed by atoms with van der Waals surface area (Å²) in [6.07, 6.45) is 0.0128. The Kier molecular flexibility index (Phi) is 9.10. The predicted molar refractivity (Wildman–Crippen MR) is 141 cm³/mol. The first-order chi connectivity index (χ1) is 17.5. The molecule has 0 aliphatic rings. The van der Waals surface area contributed by atoms with Crippen molar-refractivity contribution in [3.63, 3.8) is 0 Å². The second-order valence-corrected chi connectivity index (χ2v) is 11.5. The van der Waals surface area contributed by atoms with Crippen LogP contribution >= 0.6 is 0 Å². The Hall–Kier alpha value is -3.65. The summed E-state index contributed by atoms with van der Waals surface area (Å²) in [6.45, 7) is 8.13. The van der Waals surface area contributed by atoms with Crippen molar-refractivity contribution in [3.05, 3.63) is 95.6 Å². The Balaban J connectivity index is 1.77. The molecule has 0 saturated carbocycles. The molecule has 37 heavy (non-hydrogen) atoms. The van der Waals surface area contributed by atoms with Crippen LogP contribution in [0.3, 0.4) is 0 Å². The van der Waals surface area contributed by atoms with Gasteiger partial charge >= 0.3 is 12.1 Å². The standard InChI is InChI=1S/C29H33NO6S/c1-5-35-27(31)24-14-16-25(17-15-24)37(33,34)26-13-9-12-22(20-26)18-19-30(28(32)36-29(2,3)4)21-23-10-7-6-8-11-23/h6-17,20H,5,18-19,21H2,1-4H3. The molecule has 1 amide bonds. The second-order valence-electron chi connectivity index (χ2n) is 9.53. The van der Waals surface area contributed by atoms with E-state index in [9.17, 15) is 18.0 Å². The van der Waals surface area contributed by atoms with E-state index < -0.39 is 27.5 Å². The Morgan fingerprint density at radius 1 is 0.838 bits per heavy atom. The number of hydrogen-bond donors (Lipinski definition) is 0. The van der Waals surface area contributed by atoms with E-state index in [2.05, 4.69) is 0 Å². The quantitative estimate of drug-likeness (QED) is 0.336. The summed E-state index contributed by atoms with van der Waals surface area (Å²) in [6, 6.07) is 22.0. The van der Waals surface area contributed by atoms with Crippen molar-refractivity contribution in [1.29, 1.82) is 0 Å². The van der Waals surface area contributed by atoms with Crippen molar-refractivity contribution in [2.45, 2.75) is 56.1 Å². The normalized spacial score (nSPS) is 11.6. The van der Waals surface area contributed by atoms with Crippen molar-refractivity contribution < 1.29 is 27.5 Å². The minimum atomic E-state index is -3.80. The molecule has 0 aliphatic heterocycles. The van der Waals surface area contributed by atoms with Crippen LogP contribution < -0.4 is 0 Å². The minimum Gasteiger partial charge on any atom is -0.462 e. The number of ether oxygens (including phenoxy) is 2. The molecule has 3 aromatic rings. The van der Waals surface area contributed by atoms with Crippen molar-refractivity contribution in [2.24, 2.45) is 0 Å². The number of carbonyl (C=O) groups excluding carboxylic acids is 2. The highest BCUT2D eigenvalue weighted by molar-refractivity contribution is 7.91. The molecule has 0 radical (unpaired) electrons. The largest absolute Gasteiger partial charge is 0.462 e. The molecule has 7 nitrogen and oxygen atoms in total. The van der Waals surface area contributed by atoms with Crippen LogP contribution in [0.2, 0.25) is 0 Å². The van der Waals surface area contributed by atoms with E-state index in [1.165, 1.54) is 30.3 Å². The van der Waals surface area contributed by atoms with Crippen LogP contribution in [0, 0.1) is 0 Å². The van der Waals surface area contributed by atoms with E-state index in [1.54, 1.807) is 24.0 Å². The van der Waals surface area contributed by atoms with E-state index in [0.29, 0.717) is 19.5 Å². The van der Waals surface area contributed by atoms with Gasteiger partial charge in [0.1, 0.15) is 5.60 Å². The van der Waals surface area contributed by atoms with Crippen molar-refractivity contribution in [1.82, 2.24) is 4.90 Å². The lowest BCUT2D eigenvalue weighted by atomic mass is 10.1. The molecule has 0 bridgehead atoms. The number of nitrogens with zero attached hydrogens (tertiary/aromatic N) is 1. The maximum Gasteiger partial charge on any atom is 0.410 e. The molecular formula is C29H33NO6S. The van der Waals surface area contributed by atoms with Gasteiger partial charge in [-0.1, -0.05) is 42.5 Å². The van der Waals surface area contributed by atoms with Crippen molar-refractivity contribution in [2.75, 3.05) is 13.2 Å². The number of carbonyl (C=O) groups is 2. The molecule has 0 N–H and O–H groups in total. The van der Waals surface area contributed by atoms with Crippen molar-refractivity contribution in [3.8, 4) is 0 Å². The summed E-state index contributed by atoms with van der Waals surface area (Å²) in [5.74, 6) is -0.501. The molecule has 0 fully saturated rings. The first-order valence-corrected chi connectivity index (χ1v) is 13.6. The fourth-order valence-corrected chi connectivity index (χ4v) is 4.95. The van der Waals surface area contributed by atoms with Gasteiger partial charge in [0, 0.05) is 13.1 Å². The van der Waals surface area contributed by atoms with Gasteiger partial charge in [0.15, 0.2) is 0 Å². The molecular weight excluding hydrogens is 490 g/mol. The summed E-state index contributed by atoms with van der Waals surface area (Å²) in [4.78, 5) is 26.6. The molecule has 0 unspecified atom stereocenters. The SMILES string of the molecule is CCOC(=O)c1ccc(S(=O)(=O)c2cccc(CCN(Cc3ccccc3)C(=O)OC(C)(C)C)c2)cc1. The number of hydrogen-bond acceptors (Lipinski definition) is 6. The number of rotatable bonds is 9. The third-order valence-corrected chi connectivity index (χ3v) is 7.19. The molecule has 0 heterocycles. The first kappa shape index (κ1) is 27.9. The van der Waals surface area contributed by atoms with Gasteiger partial charge in [-0.2, -0.15) is 0 Å². The van der Waals surface area contributed by atoms with Gasteiger partial charge in [0.25, 0.3) is 0 Å². The number of sulfone groups is 1. The molecule has 0 aliphatic carbocycles. The van der Waals surface area contributed by atoms with E-state index in [4.69, 9.17) is 9.47 Å². The number of benzene rings is 3. The minimum absolute atomic E-state index is 0.0807. The van der Waals surface area contributed by atoms with Crippen LogP contribution in [-0.2, 0) is 32.3 Å². The van der Waals surface area contributed by atoms with Crippen LogP contribution in [0.1, 0.15) is 49.2 Å². The molecule has 196 valence electrons. The van der Waals surface area contributed by atoms with Gasteiger partial charge in [-0.25, -0.2) is 18.0 Å². The fourth-order valence-electron chi connectivity index (χ4n) is 3.62. The van der Waals surface area contributed by atoms with E-state index in [-0.39, 0.29) is 22.0 Å². The summed E-state index contributed by atoms with van der Waals surface area (Å²) in [5, 5.41) is 0. The monoisotopic (exact) mass is 523 g/mol. The zero-order valence-electron chi connectivity index (χ0n) is 21.6. The molecule has 8 heteroatoms. The van der Waals surface area contributed by atoms with Crippen LogP contribution in [0.5, 0.6) is 0 Å². The van der Waals surface area contributed by atoms with E-state index in [0.717, 1.165) is 11.1 Å². The molecule has 0 saturated heterocycles. The lowest BCUT2D eigenvalue weighted by molar-refractivity contribution is 0.0235. The summed E-state index contributed by atoms with van der Waals surface area (Å²) < 4.78 is 37.0. The molecule has 3 aromatic carbocycles. The molecule has 0 aromatic heterocycles. The lowest BCUT2D eigenvalue weighted by Gasteiger charge is -2.27. The average molecular weight is 524 g/mol. The average Bonchev–Trinajstić information content (AvgIpc) is 2.86. The van der Waals surface area contributed by atoms with E-state index >= 15 is 0 Å². The third kappa shape index (κ3) is 7.92. The predicted octanol–water partition coefficient (Wildman–Crippen LogP) is 5.68. The van der Waals surface area contributed by atoms with Crippen LogP contribution in [0.15, 0.2) is 88.7 Å². The molecule has 3 rings (SSSR count). The molecule has 0 spiro atoms. The van der Waals surface area contributed by atoms with Gasteiger partial charge in [-0.15, -0.1) is 0 Å². The summed E-state index contributed by atoms with van der Waals surface area (Å²) in [7, 11) is -3.80. The Labute approximate surface area is 218 Å². The third-order valence-electron chi connectivity index (χ3n) is 5.42. The zero-order valence-corrected chi connectivity index (χ0v) is 22.5. The highest BCUT2D eigenvalue weighted by Gasteiger charge is 2.23. The Morgan fingerprint density at radius 3 is 2.11 bits per heavy atom. The maximum absolute atomic E-state index is 13.2. The Bertz CT molecular complexity index is 1310. The fraction of sp³-hybridized carbons (Fsp3) is 0.310.